The van der Waals surface area contributed by atoms with Gasteiger partial charge in [-0.1, -0.05) is 17.7 Å². The van der Waals surface area contributed by atoms with Crippen molar-refractivity contribution in [3.05, 3.63) is 29.8 Å². The van der Waals surface area contributed by atoms with Crippen molar-refractivity contribution in [2.45, 2.75) is 31.9 Å². The maximum Gasteiger partial charge on any atom is 0.317 e. The quantitative estimate of drug-likeness (QED) is 0.905. The van der Waals surface area contributed by atoms with Crippen molar-refractivity contribution in [3.63, 3.8) is 0 Å². The smallest absolute Gasteiger partial charge is 0.317 e. The number of carbonyl (C=O) groups excluding carboxylic acids is 1. The predicted octanol–water partition coefficient (Wildman–Crippen LogP) is 2.02. The molecule has 1 aromatic carbocycles. The van der Waals surface area contributed by atoms with Crippen LogP contribution in [-0.4, -0.2) is 69.6 Å². The molecule has 2 fully saturated rings. The molecule has 0 aliphatic carbocycles. The van der Waals surface area contributed by atoms with Gasteiger partial charge in [-0.25, -0.2) is 4.79 Å². The van der Waals surface area contributed by atoms with Crippen LogP contribution in [0.15, 0.2) is 24.3 Å². The van der Waals surface area contributed by atoms with Gasteiger partial charge in [-0.2, -0.15) is 0 Å². The van der Waals surface area contributed by atoms with E-state index in [0.29, 0.717) is 26.3 Å². The molecule has 2 aliphatic heterocycles. The topological polar surface area (TPSA) is 54.0 Å². The number of rotatable bonds is 4. The summed E-state index contributed by atoms with van der Waals surface area (Å²) in [6, 6.07) is 8.81. The van der Waals surface area contributed by atoms with E-state index in [4.69, 9.17) is 9.47 Å². The Kier molecular flexibility index (Phi) is 6.15. The molecule has 3 rings (SSSR count). The summed E-state index contributed by atoms with van der Waals surface area (Å²) < 4.78 is 10.8. The lowest BCUT2D eigenvalue weighted by molar-refractivity contribution is -0.0496. The number of aryl methyl sites for hydroxylation is 1. The first kappa shape index (κ1) is 18.0. The van der Waals surface area contributed by atoms with E-state index in [2.05, 4.69) is 41.4 Å². The highest BCUT2D eigenvalue weighted by Gasteiger charge is 2.27. The average molecular weight is 347 g/mol. The minimum absolute atomic E-state index is 0.0140. The maximum atomic E-state index is 12.6. The molecule has 2 heterocycles. The molecule has 2 amide bonds. The van der Waals surface area contributed by atoms with Gasteiger partial charge in [0.15, 0.2) is 0 Å². The van der Waals surface area contributed by atoms with Gasteiger partial charge in [0.1, 0.15) is 0 Å². The minimum Gasteiger partial charge on any atom is -0.382 e. The van der Waals surface area contributed by atoms with E-state index in [1.807, 2.05) is 4.90 Å². The highest BCUT2D eigenvalue weighted by atomic mass is 16.5. The van der Waals surface area contributed by atoms with Gasteiger partial charge in [-0.05, 0) is 31.9 Å². The number of nitrogens with one attached hydrogen (secondary N) is 1. The van der Waals surface area contributed by atoms with Crippen LogP contribution in [0.5, 0.6) is 0 Å². The lowest BCUT2D eigenvalue weighted by Gasteiger charge is -2.37. The highest BCUT2D eigenvalue weighted by Crippen LogP contribution is 2.20. The van der Waals surface area contributed by atoms with Crippen LogP contribution < -0.4 is 10.2 Å². The first-order valence-corrected chi connectivity index (χ1v) is 9.13. The highest BCUT2D eigenvalue weighted by molar-refractivity contribution is 5.74. The molecule has 2 saturated heterocycles. The normalized spacial score (nSPS) is 24.2. The van der Waals surface area contributed by atoms with Crippen LogP contribution in [0.3, 0.4) is 0 Å². The van der Waals surface area contributed by atoms with E-state index in [1.165, 1.54) is 11.3 Å². The van der Waals surface area contributed by atoms with Gasteiger partial charge in [-0.15, -0.1) is 0 Å². The fourth-order valence-electron chi connectivity index (χ4n) is 3.54. The van der Waals surface area contributed by atoms with Gasteiger partial charge in [0.2, 0.25) is 0 Å². The second-order valence-electron chi connectivity index (χ2n) is 6.96. The predicted molar refractivity (Wildman–Crippen MR) is 98.1 cm³/mol. The Morgan fingerprint density at radius 2 is 2.08 bits per heavy atom. The molecular formula is C19H29N3O3. The molecular weight excluding hydrogens is 318 g/mol. The van der Waals surface area contributed by atoms with E-state index in [0.717, 1.165) is 25.9 Å². The van der Waals surface area contributed by atoms with Crippen molar-refractivity contribution in [1.29, 1.82) is 0 Å². The summed E-state index contributed by atoms with van der Waals surface area (Å²) in [5.41, 5.74) is 2.50. The lowest BCUT2D eigenvalue weighted by atomic mass is 10.0. The first-order valence-electron chi connectivity index (χ1n) is 9.13. The summed E-state index contributed by atoms with van der Waals surface area (Å²) in [4.78, 5) is 16.8. The molecule has 2 atom stereocenters. The lowest BCUT2D eigenvalue weighted by Crippen LogP contribution is -2.55. The minimum atomic E-state index is -0.0279. The Labute approximate surface area is 150 Å². The van der Waals surface area contributed by atoms with Crippen LogP contribution in [0.25, 0.3) is 0 Å². The number of methoxy groups -OCH3 is 1. The third kappa shape index (κ3) is 4.86. The van der Waals surface area contributed by atoms with Crippen molar-refractivity contribution >= 4 is 11.7 Å². The van der Waals surface area contributed by atoms with Gasteiger partial charge in [-0.3, -0.25) is 0 Å². The Morgan fingerprint density at radius 1 is 1.28 bits per heavy atom. The van der Waals surface area contributed by atoms with Crippen molar-refractivity contribution in [1.82, 2.24) is 10.2 Å². The summed E-state index contributed by atoms with van der Waals surface area (Å²) in [5.74, 6) is 0. The van der Waals surface area contributed by atoms with Crippen molar-refractivity contribution in [2.24, 2.45) is 0 Å². The van der Waals surface area contributed by atoms with Crippen LogP contribution in [0.1, 0.15) is 18.4 Å². The molecule has 0 saturated carbocycles. The fraction of sp³-hybridized carbons (Fsp3) is 0.632. The zero-order valence-electron chi connectivity index (χ0n) is 15.2. The summed E-state index contributed by atoms with van der Waals surface area (Å²) >= 11 is 0. The Balaban J connectivity index is 1.53. The van der Waals surface area contributed by atoms with E-state index in [1.54, 1.807) is 7.11 Å². The fourth-order valence-corrected chi connectivity index (χ4v) is 3.54. The number of hydrogen-bond acceptors (Lipinski definition) is 4. The maximum absolute atomic E-state index is 12.6. The Hall–Kier alpha value is -1.79. The molecule has 0 spiro atoms. The van der Waals surface area contributed by atoms with Gasteiger partial charge in [0.25, 0.3) is 0 Å². The van der Waals surface area contributed by atoms with Gasteiger partial charge >= 0.3 is 6.03 Å². The zero-order chi connectivity index (χ0) is 17.6. The molecule has 6 heteroatoms. The van der Waals surface area contributed by atoms with Crippen molar-refractivity contribution < 1.29 is 14.3 Å². The largest absolute Gasteiger partial charge is 0.382 e. The summed E-state index contributed by atoms with van der Waals surface area (Å²) in [6.07, 6.45) is 2.09. The second kappa shape index (κ2) is 8.54. The third-order valence-electron chi connectivity index (χ3n) is 4.93. The number of hydrogen-bond donors (Lipinski definition) is 1. The number of piperidine rings is 1. The molecule has 6 nitrogen and oxygen atoms in total. The molecule has 138 valence electrons. The molecule has 0 bridgehead atoms. The number of morpholine rings is 1. The summed E-state index contributed by atoms with van der Waals surface area (Å²) in [6.45, 7) is 6.33. The van der Waals surface area contributed by atoms with Crippen LogP contribution in [0, 0.1) is 6.92 Å². The molecule has 1 N–H and O–H groups in total. The summed E-state index contributed by atoms with van der Waals surface area (Å²) in [5, 5.41) is 3.21. The van der Waals surface area contributed by atoms with Crippen LogP contribution in [-0.2, 0) is 9.47 Å². The SMILES string of the molecule is COC[C@@H]1CN(C(=O)N[C@@H]2CCCN(c3ccc(C)cc3)C2)CCO1. The van der Waals surface area contributed by atoms with E-state index in [-0.39, 0.29) is 18.2 Å². The van der Waals surface area contributed by atoms with Crippen molar-refractivity contribution in [3.8, 4) is 0 Å². The van der Waals surface area contributed by atoms with E-state index in [9.17, 15) is 4.79 Å². The van der Waals surface area contributed by atoms with Gasteiger partial charge in [0, 0.05) is 38.5 Å². The molecule has 0 radical (unpaired) electrons. The van der Waals surface area contributed by atoms with E-state index < -0.39 is 0 Å². The second-order valence-corrected chi connectivity index (χ2v) is 6.96. The van der Waals surface area contributed by atoms with Crippen LogP contribution in [0.4, 0.5) is 10.5 Å². The number of nitrogens with zero attached hydrogens (tertiary/aromatic N) is 2. The average Bonchev–Trinajstić information content (AvgIpc) is 2.63. The number of ether oxygens (including phenoxy) is 2. The molecule has 2 aliphatic rings. The number of urea groups is 1. The van der Waals surface area contributed by atoms with E-state index >= 15 is 0 Å². The van der Waals surface area contributed by atoms with Crippen molar-refractivity contribution in [2.75, 3.05) is 51.4 Å². The number of carbonyl (C=O) groups is 1. The monoisotopic (exact) mass is 347 g/mol. The molecule has 0 unspecified atom stereocenters. The first-order chi connectivity index (χ1) is 12.2. The molecule has 0 aromatic heterocycles. The Morgan fingerprint density at radius 3 is 2.84 bits per heavy atom. The third-order valence-corrected chi connectivity index (χ3v) is 4.93. The number of amides is 2. The number of anilines is 1. The van der Waals surface area contributed by atoms with Crippen LogP contribution >= 0.6 is 0 Å². The standard InChI is InChI=1S/C19H29N3O3/c1-15-5-7-17(8-6-15)21-9-3-4-16(12-21)20-19(23)22-10-11-25-18(13-22)14-24-2/h5-8,16,18H,3-4,9-14H2,1-2H3,(H,20,23)/t16-,18+/m1/s1. The Bertz CT molecular complexity index is 562. The number of benzene rings is 1. The van der Waals surface area contributed by atoms with Gasteiger partial charge in [0.05, 0.1) is 25.9 Å². The molecule has 25 heavy (non-hydrogen) atoms. The molecule has 1 aromatic rings. The zero-order valence-corrected chi connectivity index (χ0v) is 15.2. The van der Waals surface area contributed by atoms with Gasteiger partial charge < -0.3 is 24.6 Å². The summed E-state index contributed by atoms with van der Waals surface area (Å²) in [7, 11) is 1.66. The van der Waals surface area contributed by atoms with Crippen LogP contribution in [0.2, 0.25) is 0 Å².